The van der Waals surface area contributed by atoms with Crippen LogP contribution in [0.4, 0.5) is 18.9 Å². The van der Waals surface area contributed by atoms with Gasteiger partial charge in [-0.15, -0.1) is 0 Å². The number of alkyl halides is 3. The number of nitrogens with one attached hydrogen (secondary N) is 1. The van der Waals surface area contributed by atoms with Crippen LogP contribution >= 0.6 is 0 Å². The number of benzene rings is 1. The highest BCUT2D eigenvalue weighted by molar-refractivity contribution is 5.45. The van der Waals surface area contributed by atoms with E-state index < -0.39 is 34.6 Å². The molecule has 0 saturated carbocycles. The average molecular weight is 294 g/mol. The lowest BCUT2D eigenvalue weighted by molar-refractivity contribution is -0.388. The maximum Gasteiger partial charge on any atom is 0.422 e. The van der Waals surface area contributed by atoms with Crippen LogP contribution in [-0.4, -0.2) is 34.8 Å². The Balaban J connectivity index is 3.20. The fourth-order valence-corrected chi connectivity index (χ4v) is 1.67. The molecule has 0 saturated heterocycles. The quantitative estimate of drug-likeness (QED) is 0.560. The van der Waals surface area contributed by atoms with Crippen molar-refractivity contribution in [1.82, 2.24) is 5.32 Å². The van der Waals surface area contributed by atoms with Crippen LogP contribution in [0.15, 0.2) is 18.2 Å². The number of hydrogen-bond donors (Lipinski definition) is 3. The summed E-state index contributed by atoms with van der Waals surface area (Å²) in [7, 11) is 1.51. The molecule has 2 unspecified atom stereocenters. The SMILES string of the molecule is CNCC(O)C(O)c1ccc(C(F)(F)F)c([N+](=O)[O-])c1. The lowest BCUT2D eigenvalue weighted by atomic mass is 10.0. The number of halogens is 3. The Morgan fingerprint density at radius 3 is 2.45 bits per heavy atom. The Bertz CT molecular complexity index is 493. The van der Waals surface area contributed by atoms with E-state index in [1.807, 2.05) is 0 Å². The standard InChI is InChI=1S/C11H13F3N2O4/c1-15-5-9(17)10(18)6-2-3-7(11(12,13)14)8(4-6)16(19)20/h2-4,9-10,15,17-18H,5H2,1H3. The third kappa shape index (κ3) is 3.65. The highest BCUT2D eigenvalue weighted by atomic mass is 19.4. The first-order valence-corrected chi connectivity index (χ1v) is 5.54. The summed E-state index contributed by atoms with van der Waals surface area (Å²) >= 11 is 0. The largest absolute Gasteiger partial charge is 0.422 e. The van der Waals surface area contributed by atoms with E-state index in [4.69, 9.17) is 0 Å². The Labute approximate surface area is 112 Å². The first-order chi connectivity index (χ1) is 9.18. The number of likely N-dealkylation sites (N-methyl/N-ethyl adjacent to an activating group) is 1. The number of aliphatic hydroxyl groups is 2. The van der Waals surface area contributed by atoms with Gasteiger partial charge in [0, 0.05) is 12.6 Å². The predicted octanol–water partition coefficient (Wildman–Crippen LogP) is 1.23. The highest BCUT2D eigenvalue weighted by Gasteiger charge is 2.38. The van der Waals surface area contributed by atoms with Gasteiger partial charge in [0.1, 0.15) is 11.7 Å². The first kappa shape index (κ1) is 16.3. The molecule has 3 N–H and O–H groups in total. The van der Waals surface area contributed by atoms with Gasteiger partial charge >= 0.3 is 6.18 Å². The molecule has 112 valence electrons. The van der Waals surface area contributed by atoms with E-state index in [9.17, 15) is 33.5 Å². The molecule has 6 nitrogen and oxygen atoms in total. The van der Waals surface area contributed by atoms with Crippen molar-refractivity contribution >= 4 is 5.69 Å². The van der Waals surface area contributed by atoms with Gasteiger partial charge in [-0.3, -0.25) is 10.1 Å². The molecule has 0 spiro atoms. The van der Waals surface area contributed by atoms with E-state index in [1.54, 1.807) is 0 Å². The maximum atomic E-state index is 12.6. The van der Waals surface area contributed by atoms with Gasteiger partial charge in [-0.2, -0.15) is 13.2 Å². The predicted molar refractivity (Wildman–Crippen MR) is 63.0 cm³/mol. The van der Waals surface area contributed by atoms with Crippen LogP contribution in [0.5, 0.6) is 0 Å². The molecule has 0 amide bonds. The van der Waals surface area contributed by atoms with Gasteiger partial charge in [-0.1, -0.05) is 6.07 Å². The molecule has 0 heterocycles. The number of nitro benzene ring substituents is 1. The fraction of sp³-hybridized carbons (Fsp3) is 0.455. The Morgan fingerprint density at radius 1 is 1.40 bits per heavy atom. The number of nitro groups is 1. The Hall–Kier alpha value is -1.71. The highest BCUT2D eigenvalue weighted by Crippen LogP contribution is 2.37. The van der Waals surface area contributed by atoms with Crippen molar-refractivity contribution in [3.05, 3.63) is 39.4 Å². The van der Waals surface area contributed by atoms with Gasteiger partial charge in [0.25, 0.3) is 5.69 Å². The number of rotatable bonds is 5. The Kier molecular flexibility index (Phi) is 5.03. The second-order valence-corrected chi connectivity index (χ2v) is 4.10. The van der Waals surface area contributed by atoms with Gasteiger partial charge in [0.05, 0.1) is 11.0 Å². The summed E-state index contributed by atoms with van der Waals surface area (Å²) in [5, 5.41) is 32.5. The second-order valence-electron chi connectivity index (χ2n) is 4.10. The summed E-state index contributed by atoms with van der Waals surface area (Å²) < 4.78 is 37.8. The zero-order valence-electron chi connectivity index (χ0n) is 10.4. The molecule has 0 aromatic heterocycles. The van der Waals surface area contributed by atoms with Gasteiger partial charge in [-0.05, 0) is 18.7 Å². The first-order valence-electron chi connectivity index (χ1n) is 5.54. The molecule has 0 aliphatic heterocycles. The molecule has 0 radical (unpaired) electrons. The monoisotopic (exact) mass is 294 g/mol. The van der Waals surface area contributed by atoms with Crippen molar-refractivity contribution in [1.29, 1.82) is 0 Å². The van der Waals surface area contributed by atoms with Crippen LogP contribution in [-0.2, 0) is 6.18 Å². The number of nitrogens with zero attached hydrogens (tertiary/aromatic N) is 1. The molecule has 0 aliphatic rings. The molecule has 1 aromatic rings. The summed E-state index contributed by atoms with van der Waals surface area (Å²) in [6.07, 6.45) is -7.69. The molecule has 0 bridgehead atoms. The molecule has 9 heteroatoms. The van der Waals surface area contributed by atoms with Crippen LogP contribution in [0.25, 0.3) is 0 Å². The van der Waals surface area contributed by atoms with Crippen molar-refractivity contribution in [2.45, 2.75) is 18.4 Å². The maximum absolute atomic E-state index is 12.6. The third-order valence-corrected chi connectivity index (χ3v) is 2.64. The van der Waals surface area contributed by atoms with Crippen LogP contribution in [0.3, 0.4) is 0 Å². The second kappa shape index (κ2) is 6.16. The van der Waals surface area contributed by atoms with Gasteiger partial charge in [0.2, 0.25) is 0 Å². The lowest BCUT2D eigenvalue weighted by Gasteiger charge is -2.18. The zero-order chi connectivity index (χ0) is 15.5. The molecule has 20 heavy (non-hydrogen) atoms. The molecule has 1 aromatic carbocycles. The van der Waals surface area contributed by atoms with Crippen molar-refractivity contribution < 1.29 is 28.3 Å². The van der Waals surface area contributed by atoms with E-state index >= 15 is 0 Å². The zero-order valence-corrected chi connectivity index (χ0v) is 10.4. The van der Waals surface area contributed by atoms with E-state index in [2.05, 4.69) is 5.32 Å². The molecular weight excluding hydrogens is 281 g/mol. The summed E-state index contributed by atoms with van der Waals surface area (Å²) in [5.41, 5.74) is -2.72. The van der Waals surface area contributed by atoms with Crippen molar-refractivity contribution in [2.75, 3.05) is 13.6 Å². The minimum Gasteiger partial charge on any atom is -0.389 e. The topological polar surface area (TPSA) is 95.6 Å². The third-order valence-electron chi connectivity index (χ3n) is 2.64. The van der Waals surface area contributed by atoms with Crippen LogP contribution in [0.2, 0.25) is 0 Å². The smallest absolute Gasteiger partial charge is 0.389 e. The minimum absolute atomic E-state index is 0.0179. The number of hydrogen-bond acceptors (Lipinski definition) is 5. The van der Waals surface area contributed by atoms with Gasteiger partial charge in [0.15, 0.2) is 0 Å². The van der Waals surface area contributed by atoms with Crippen LogP contribution in [0.1, 0.15) is 17.2 Å². The van der Waals surface area contributed by atoms with Gasteiger partial charge < -0.3 is 15.5 Å². The molecule has 0 fully saturated rings. The molecule has 2 atom stereocenters. The Morgan fingerprint density at radius 2 is 2.00 bits per heavy atom. The molecule has 1 rings (SSSR count). The molecule has 0 aliphatic carbocycles. The van der Waals surface area contributed by atoms with Crippen molar-refractivity contribution in [2.24, 2.45) is 0 Å². The van der Waals surface area contributed by atoms with E-state index in [0.29, 0.717) is 12.1 Å². The summed E-state index contributed by atoms with van der Waals surface area (Å²) in [6.45, 7) is -0.0179. The summed E-state index contributed by atoms with van der Waals surface area (Å²) in [5.74, 6) is 0. The van der Waals surface area contributed by atoms with Crippen molar-refractivity contribution in [3.63, 3.8) is 0 Å². The normalized spacial score (nSPS) is 14.9. The average Bonchev–Trinajstić information content (AvgIpc) is 2.36. The van der Waals surface area contributed by atoms with E-state index in [-0.39, 0.29) is 12.1 Å². The summed E-state index contributed by atoms with van der Waals surface area (Å²) in [4.78, 5) is 9.51. The number of aliphatic hydroxyl groups excluding tert-OH is 2. The van der Waals surface area contributed by atoms with Gasteiger partial charge in [-0.25, -0.2) is 0 Å². The minimum atomic E-state index is -4.87. The van der Waals surface area contributed by atoms with E-state index in [1.165, 1.54) is 7.05 Å². The van der Waals surface area contributed by atoms with Crippen molar-refractivity contribution in [3.8, 4) is 0 Å². The molecular formula is C11H13F3N2O4. The summed E-state index contributed by atoms with van der Waals surface area (Å²) in [6, 6.07) is 2.04. The lowest BCUT2D eigenvalue weighted by Crippen LogP contribution is -2.29. The fourth-order valence-electron chi connectivity index (χ4n) is 1.67. The van der Waals surface area contributed by atoms with E-state index in [0.717, 1.165) is 6.07 Å². The van der Waals surface area contributed by atoms with Crippen LogP contribution < -0.4 is 5.32 Å². The van der Waals surface area contributed by atoms with Crippen LogP contribution in [0, 0.1) is 10.1 Å².